The molecule has 2 heterocycles. The van der Waals surface area contributed by atoms with Gasteiger partial charge < -0.3 is 10.6 Å². The molecule has 2 aromatic rings. The van der Waals surface area contributed by atoms with E-state index in [-0.39, 0.29) is 5.91 Å². The van der Waals surface area contributed by atoms with Gasteiger partial charge in [0, 0.05) is 24.0 Å². The van der Waals surface area contributed by atoms with E-state index >= 15 is 0 Å². The van der Waals surface area contributed by atoms with Crippen LogP contribution in [-0.2, 0) is 0 Å². The molecule has 0 aliphatic heterocycles. The van der Waals surface area contributed by atoms with Crippen molar-refractivity contribution >= 4 is 17.4 Å². The van der Waals surface area contributed by atoms with E-state index in [9.17, 15) is 4.79 Å². The first-order valence-corrected chi connectivity index (χ1v) is 6.55. The van der Waals surface area contributed by atoms with Gasteiger partial charge in [0.05, 0.1) is 11.4 Å². The van der Waals surface area contributed by atoms with Crippen LogP contribution < -0.4 is 10.6 Å². The molecule has 0 spiro atoms. The molecule has 20 heavy (non-hydrogen) atoms. The van der Waals surface area contributed by atoms with Crippen molar-refractivity contribution in [3.05, 3.63) is 47.4 Å². The van der Waals surface area contributed by atoms with Gasteiger partial charge in [-0.15, -0.1) is 0 Å². The Bertz CT molecular complexity index is 625. The van der Waals surface area contributed by atoms with Gasteiger partial charge in [0.15, 0.2) is 0 Å². The van der Waals surface area contributed by atoms with E-state index in [0.29, 0.717) is 11.4 Å². The van der Waals surface area contributed by atoms with E-state index in [1.807, 2.05) is 26.8 Å². The van der Waals surface area contributed by atoms with Gasteiger partial charge in [-0.3, -0.25) is 9.78 Å². The molecule has 0 atom stereocenters. The second-order valence-corrected chi connectivity index (χ2v) is 4.50. The first-order chi connectivity index (χ1) is 9.60. The molecule has 0 aliphatic carbocycles. The van der Waals surface area contributed by atoms with Crippen LogP contribution in [0, 0.1) is 13.8 Å². The lowest BCUT2D eigenvalue weighted by molar-refractivity contribution is 0.102. The smallest absolute Gasteiger partial charge is 0.255 e. The summed E-state index contributed by atoms with van der Waals surface area (Å²) in [6.45, 7) is 6.48. The number of amides is 1. The third-order valence-electron chi connectivity index (χ3n) is 2.83. The van der Waals surface area contributed by atoms with E-state index in [1.54, 1.807) is 24.4 Å². The van der Waals surface area contributed by atoms with Gasteiger partial charge in [0.25, 0.3) is 5.91 Å². The minimum absolute atomic E-state index is 0.161. The maximum Gasteiger partial charge on any atom is 0.255 e. The van der Waals surface area contributed by atoms with Crippen LogP contribution in [-0.4, -0.2) is 22.4 Å². The lowest BCUT2D eigenvalue weighted by Crippen LogP contribution is -2.14. The third-order valence-corrected chi connectivity index (χ3v) is 2.83. The standard InChI is InChI=1S/C15H18N4O/c1-4-16-14-9-12(8-10(2)18-14)15(20)19-13-6-5-7-17-11(13)3/h5-9H,4H2,1-3H3,(H,16,18)(H,19,20). The van der Waals surface area contributed by atoms with Crippen molar-refractivity contribution in [1.82, 2.24) is 9.97 Å². The highest BCUT2D eigenvalue weighted by Gasteiger charge is 2.10. The van der Waals surface area contributed by atoms with Crippen LogP contribution in [0.3, 0.4) is 0 Å². The highest BCUT2D eigenvalue weighted by molar-refractivity contribution is 6.05. The molecule has 1 amide bonds. The highest BCUT2D eigenvalue weighted by atomic mass is 16.1. The summed E-state index contributed by atoms with van der Waals surface area (Å²) in [5.74, 6) is 0.548. The average Bonchev–Trinajstić information content (AvgIpc) is 2.41. The van der Waals surface area contributed by atoms with Crippen LogP contribution in [0.4, 0.5) is 11.5 Å². The molecule has 2 aromatic heterocycles. The Hall–Kier alpha value is -2.43. The Kier molecular flexibility index (Phi) is 4.30. The first-order valence-electron chi connectivity index (χ1n) is 6.55. The van der Waals surface area contributed by atoms with Gasteiger partial charge in [0.1, 0.15) is 5.82 Å². The van der Waals surface area contributed by atoms with E-state index in [0.717, 1.165) is 23.6 Å². The molecule has 2 rings (SSSR count). The lowest BCUT2D eigenvalue weighted by Gasteiger charge is -2.10. The number of carbonyl (C=O) groups is 1. The third kappa shape index (κ3) is 3.32. The summed E-state index contributed by atoms with van der Waals surface area (Å²) in [6, 6.07) is 7.14. The molecule has 0 aliphatic rings. The molecular weight excluding hydrogens is 252 g/mol. The number of hydrogen-bond acceptors (Lipinski definition) is 4. The minimum Gasteiger partial charge on any atom is -0.370 e. The second-order valence-electron chi connectivity index (χ2n) is 4.50. The maximum absolute atomic E-state index is 12.3. The van der Waals surface area contributed by atoms with E-state index in [4.69, 9.17) is 0 Å². The van der Waals surface area contributed by atoms with Crippen LogP contribution in [0.1, 0.15) is 28.7 Å². The number of rotatable bonds is 4. The van der Waals surface area contributed by atoms with Crippen molar-refractivity contribution in [2.24, 2.45) is 0 Å². The summed E-state index contributed by atoms with van der Waals surface area (Å²) >= 11 is 0. The first kappa shape index (κ1) is 14.0. The van der Waals surface area contributed by atoms with E-state index in [1.165, 1.54) is 0 Å². The normalized spacial score (nSPS) is 10.2. The quantitative estimate of drug-likeness (QED) is 0.896. The van der Waals surface area contributed by atoms with Crippen molar-refractivity contribution in [3.63, 3.8) is 0 Å². The van der Waals surface area contributed by atoms with Gasteiger partial charge in [0.2, 0.25) is 0 Å². The van der Waals surface area contributed by atoms with Gasteiger partial charge in [-0.25, -0.2) is 4.98 Å². The number of aryl methyl sites for hydroxylation is 2. The largest absolute Gasteiger partial charge is 0.370 e. The van der Waals surface area contributed by atoms with Gasteiger partial charge in [-0.05, 0) is 45.0 Å². The second kappa shape index (κ2) is 6.14. The molecule has 0 bridgehead atoms. The molecule has 0 radical (unpaired) electrons. The summed E-state index contributed by atoms with van der Waals surface area (Å²) < 4.78 is 0. The Morgan fingerprint density at radius 3 is 2.80 bits per heavy atom. The minimum atomic E-state index is -0.161. The van der Waals surface area contributed by atoms with Gasteiger partial charge >= 0.3 is 0 Å². The fourth-order valence-corrected chi connectivity index (χ4v) is 1.88. The molecule has 0 saturated heterocycles. The number of hydrogen-bond donors (Lipinski definition) is 2. The summed E-state index contributed by atoms with van der Waals surface area (Å²) in [5, 5.41) is 5.98. The molecule has 2 N–H and O–H groups in total. The number of anilines is 2. The van der Waals surface area contributed by atoms with Crippen molar-refractivity contribution in [1.29, 1.82) is 0 Å². The summed E-state index contributed by atoms with van der Waals surface area (Å²) in [6.07, 6.45) is 1.70. The van der Waals surface area contributed by atoms with Crippen LogP contribution in [0.25, 0.3) is 0 Å². The molecule has 0 fully saturated rings. The predicted molar refractivity (Wildman–Crippen MR) is 80.1 cm³/mol. The fourth-order valence-electron chi connectivity index (χ4n) is 1.88. The Morgan fingerprint density at radius 2 is 2.10 bits per heavy atom. The van der Waals surface area contributed by atoms with Crippen LogP contribution in [0.15, 0.2) is 30.5 Å². The van der Waals surface area contributed by atoms with Crippen LogP contribution in [0.5, 0.6) is 0 Å². The highest BCUT2D eigenvalue weighted by Crippen LogP contribution is 2.15. The zero-order valence-electron chi connectivity index (χ0n) is 11.9. The number of nitrogens with one attached hydrogen (secondary N) is 2. The molecule has 5 nitrogen and oxygen atoms in total. The molecule has 0 aromatic carbocycles. The Balaban J connectivity index is 2.23. The summed E-state index contributed by atoms with van der Waals surface area (Å²) in [7, 11) is 0. The summed E-state index contributed by atoms with van der Waals surface area (Å²) in [4.78, 5) is 20.8. The molecule has 104 valence electrons. The maximum atomic E-state index is 12.3. The topological polar surface area (TPSA) is 66.9 Å². The van der Waals surface area contributed by atoms with Gasteiger partial charge in [-0.1, -0.05) is 0 Å². The fraction of sp³-hybridized carbons (Fsp3) is 0.267. The zero-order chi connectivity index (χ0) is 14.5. The lowest BCUT2D eigenvalue weighted by atomic mass is 10.2. The number of carbonyl (C=O) groups excluding carboxylic acids is 1. The monoisotopic (exact) mass is 270 g/mol. The Labute approximate surface area is 118 Å². The molecule has 5 heteroatoms. The van der Waals surface area contributed by atoms with Crippen LogP contribution in [0.2, 0.25) is 0 Å². The van der Waals surface area contributed by atoms with Gasteiger partial charge in [-0.2, -0.15) is 0 Å². The van der Waals surface area contributed by atoms with Crippen molar-refractivity contribution < 1.29 is 4.79 Å². The van der Waals surface area contributed by atoms with Crippen molar-refractivity contribution in [3.8, 4) is 0 Å². The SMILES string of the molecule is CCNc1cc(C(=O)Nc2cccnc2C)cc(C)n1. The number of aromatic nitrogens is 2. The van der Waals surface area contributed by atoms with E-state index < -0.39 is 0 Å². The Morgan fingerprint density at radius 1 is 1.30 bits per heavy atom. The predicted octanol–water partition coefficient (Wildman–Crippen LogP) is 2.78. The molecule has 0 unspecified atom stereocenters. The van der Waals surface area contributed by atoms with Crippen molar-refractivity contribution in [2.75, 3.05) is 17.2 Å². The molecule has 0 saturated carbocycles. The zero-order valence-corrected chi connectivity index (χ0v) is 11.9. The van der Waals surface area contributed by atoms with Crippen molar-refractivity contribution in [2.45, 2.75) is 20.8 Å². The summed E-state index contributed by atoms with van der Waals surface area (Å²) in [5.41, 5.74) is 2.89. The number of pyridine rings is 2. The number of nitrogens with zero attached hydrogens (tertiary/aromatic N) is 2. The molecular formula is C15H18N4O. The van der Waals surface area contributed by atoms with Crippen LogP contribution >= 0.6 is 0 Å². The average molecular weight is 270 g/mol. The van der Waals surface area contributed by atoms with E-state index in [2.05, 4.69) is 20.6 Å².